The van der Waals surface area contributed by atoms with Gasteiger partial charge in [0.05, 0.1) is 0 Å². The molecule has 1 N–H and O–H groups in total. The fourth-order valence-electron chi connectivity index (χ4n) is 3.50. The van der Waals surface area contributed by atoms with Gasteiger partial charge in [-0.25, -0.2) is 0 Å². The lowest BCUT2D eigenvalue weighted by atomic mass is 10.1. The summed E-state index contributed by atoms with van der Waals surface area (Å²) < 4.78 is 0. The van der Waals surface area contributed by atoms with Gasteiger partial charge in [-0.3, -0.25) is 0 Å². The molecule has 0 aromatic heterocycles. The maximum atomic E-state index is 5.63. The van der Waals surface area contributed by atoms with Gasteiger partial charge >= 0.3 is 0 Å². The second-order valence-corrected chi connectivity index (χ2v) is 6.10. The molecule has 1 unspecified atom stereocenters. The second kappa shape index (κ2) is 2.73. The molecule has 4 heteroatoms. The zero-order valence-electron chi connectivity index (χ0n) is 9.94. The Hall–Kier alpha value is -0.770. The normalized spacial score (nSPS) is 44.0. The van der Waals surface area contributed by atoms with Crippen molar-refractivity contribution in [2.75, 3.05) is 13.1 Å². The third kappa shape index (κ3) is 1.11. The molecular weight excluding hydrogens is 202 g/mol. The van der Waals surface area contributed by atoms with Gasteiger partial charge in [-0.05, 0) is 51.6 Å². The molecule has 0 aromatic carbocycles. The van der Waals surface area contributed by atoms with Crippen LogP contribution in [0.1, 0.15) is 26.7 Å². The van der Waals surface area contributed by atoms with Crippen molar-refractivity contribution in [2.45, 2.75) is 38.5 Å². The molecule has 88 valence electrons. The number of oxime groups is 1. The van der Waals surface area contributed by atoms with Crippen LogP contribution in [0.3, 0.4) is 0 Å². The number of hydrogen-bond acceptors (Lipinski definition) is 4. The Morgan fingerprint density at radius 1 is 1.31 bits per heavy atom. The smallest absolute Gasteiger partial charge is 0.205 e. The van der Waals surface area contributed by atoms with E-state index in [0.717, 1.165) is 11.8 Å². The lowest BCUT2D eigenvalue weighted by Gasteiger charge is -2.31. The molecule has 0 radical (unpaired) electrons. The molecule has 2 heterocycles. The summed E-state index contributed by atoms with van der Waals surface area (Å²) in [4.78, 5) is 8.08. The number of nitrogens with one attached hydrogen (secondary N) is 1. The van der Waals surface area contributed by atoms with Crippen LogP contribution in [-0.2, 0) is 4.84 Å². The predicted molar refractivity (Wildman–Crippen MR) is 60.8 cm³/mol. The SMILES string of the molecule is CC1(C)ON=C(C2[C@H]3CNC[C@@H]23)N1C1CC1. The van der Waals surface area contributed by atoms with Crippen molar-refractivity contribution in [1.29, 1.82) is 0 Å². The first kappa shape index (κ1) is 9.28. The van der Waals surface area contributed by atoms with Crippen molar-refractivity contribution in [2.24, 2.45) is 22.9 Å². The predicted octanol–water partition coefficient (Wildman–Crippen LogP) is 0.996. The van der Waals surface area contributed by atoms with E-state index in [4.69, 9.17) is 4.84 Å². The van der Waals surface area contributed by atoms with Crippen LogP contribution in [0.5, 0.6) is 0 Å². The summed E-state index contributed by atoms with van der Waals surface area (Å²) in [6.07, 6.45) is 2.62. The summed E-state index contributed by atoms with van der Waals surface area (Å²) >= 11 is 0. The second-order valence-electron chi connectivity index (χ2n) is 6.10. The molecule has 16 heavy (non-hydrogen) atoms. The van der Waals surface area contributed by atoms with Crippen molar-refractivity contribution in [3.05, 3.63) is 0 Å². The van der Waals surface area contributed by atoms with E-state index in [1.54, 1.807) is 0 Å². The van der Waals surface area contributed by atoms with Gasteiger partial charge < -0.3 is 15.1 Å². The van der Waals surface area contributed by atoms with E-state index in [1.165, 1.54) is 31.8 Å². The summed E-state index contributed by atoms with van der Waals surface area (Å²) in [6, 6.07) is 0.700. The first-order valence-electron chi connectivity index (χ1n) is 6.44. The minimum Gasteiger partial charge on any atom is -0.366 e. The van der Waals surface area contributed by atoms with Gasteiger partial charge in [0.2, 0.25) is 5.72 Å². The summed E-state index contributed by atoms with van der Waals surface area (Å²) in [5.74, 6) is 3.60. The number of rotatable bonds is 2. The van der Waals surface area contributed by atoms with Gasteiger partial charge in [0.1, 0.15) is 0 Å². The summed E-state index contributed by atoms with van der Waals surface area (Å²) in [5, 5.41) is 7.83. The highest BCUT2D eigenvalue weighted by atomic mass is 16.7. The number of amidine groups is 1. The minimum absolute atomic E-state index is 0.208. The molecule has 0 amide bonds. The zero-order valence-corrected chi connectivity index (χ0v) is 9.94. The molecule has 3 fully saturated rings. The summed E-state index contributed by atoms with van der Waals surface area (Å²) in [5.41, 5.74) is -0.208. The van der Waals surface area contributed by atoms with E-state index >= 15 is 0 Å². The monoisotopic (exact) mass is 221 g/mol. The molecule has 2 aliphatic carbocycles. The molecule has 4 nitrogen and oxygen atoms in total. The first-order chi connectivity index (χ1) is 7.68. The number of nitrogens with zero attached hydrogens (tertiary/aromatic N) is 2. The van der Waals surface area contributed by atoms with Gasteiger partial charge in [-0.1, -0.05) is 5.16 Å². The largest absolute Gasteiger partial charge is 0.366 e. The quantitative estimate of drug-likeness (QED) is 0.755. The van der Waals surface area contributed by atoms with Crippen LogP contribution in [-0.4, -0.2) is 35.6 Å². The Morgan fingerprint density at radius 2 is 2.00 bits per heavy atom. The van der Waals surface area contributed by atoms with Crippen LogP contribution in [0.4, 0.5) is 0 Å². The van der Waals surface area contributed by atoms with Gasteiger partial charge in [-0.15, -0.1) is 0 Å². The van der Waals surface area contributed by atoms with Crippen LogP contribution >= 0.6 is 0 Å². The van der Waals surface area contributed by atoms with Crippen molar-refractivity contribution in [3.8, 4) is 0 Å². The molecule has 0 spiro atoms. The maximum Gasteiger partial charge on any atom is 0.205 e. The van der Waals surface area contributed by atoms with Crippen molar-refractivity contribution in [1.82, 2.24) is 10.2 Å². The lowest BCUT2D eigenvalue weighted by molar-refractivity contribution is -0.0718. The van der Waals surface area contributed by atoms with Crippen LogP contribution in [0.2, 0.25) is 0 Å². The van der Waals surface area contributed by atoms with Gasteiger partial charge in [-0.2, -0.15) is 0 Å². The van der Waals surface area contributed by atoms with Crippen LogP contribution in [0, 0.1) is 17.8 Å². The van der Waals surface area contributed by atoms with E-state index in [9.17, 15) is 0 Å². The van der Waals surface area contributed by atoms with Gasteiger partial charge in [0, 0.05) is 12.0 Å². The first-order valence-corrected chi connectivity index (χ1v) is 6.44. The molecule has 2 aliphatic heterocycles. The Morgan fingerprint density at radius 3 is 2.62 bits per heavy atom. The fraction of sp³-hybridized carbons (Fsp3) is 0.917. The molecule has 4 aliphatic rings. The lowest BCUT2D eigenvalue weighted by Crippen LogP contribution is -2.46. The summed E-state index contributed by atoms with van der Waals surface area (Å²) in [7, 11) is 0. The highest BCUT2D eigenvalue weighted by Gasteiger charge is 2.61. The molecule has 4 rings (SSSR count). The third-order valence-corrected chi connectivity index (χ3v) is 4.49. The Labute approximate surface area is 96.0 Å². The van der Waals surface area contributed by atoms with E-state index in [-0.39, 0.29) is 5.72 Å². The van der Waals surface area contributed by atoms with Crippen LogP contribution in [0.25, 0.3) is 0 Å². The highest BCUT2D eigenvalue weighted by molar-refractivity contribution is 5.89. The van der Waals surface area contributed by atoms with Crippen molar-refractivity contribution in [3.63, 3.8) is 0 Å². The average molecular weight is 221 g/mol. The molecule has 2 saturated carbocycles. The van der Waals surface area contributed by atoms with Gasteiger partial charge in [0.15, 0.2) is 5.84 Å². The molecule has 0 aromatic rings. The third-order valence-electron chi connectivity index (χ3n) is 4.49. The van der Waals surface area contributed by atoms with E-state index in [0.29, 0.717) is 12.0 Å². The van der Waals surface area contributed by atoms with Crippen molar-refractivity contribution >= 4 is 5.84 Å². The number of fused-ring (bicyclic) bond motifs is 1. The Bertz CT molecular complexity index is 351. The molecule has 0 bridgehead atoms. The highest BCUT2D eigenvalue weighted by Crippen LogP contribution is 2.53. The topological polar surface area (TPSA) is 36.9 Å². The average Bonchev–Trinajstić information content (AvgIpc) is 3.11. The zero-order chi connectivity index (χ0) is 10.9. The van der Waals surface area contributed by atoms with Gasteiger partial charge in [0.25, 0.3) is 0 Å². The van der Waals surface area contributed by atoms with E-state index < -0.39 is 0 Å². The van der Waals surface area contributed by atoms with Crippen LogP contribution in [0.15, 0.2) is 5.16 Å². The number of hydrogen-bond donors (Lipinski definition) is 1. The number of piperidine rings is 1. The minimum atomic E-state index is -0.208. The van der Waals surface area contributed by atoms with Crippen LogP contribution < -0.4 is 5.32 Å². The molecular formula is C12H19N3O. The van der Waals surface area contributed by atoms with E-state index in [2.05, 4.69) is 29.2 Å². The van der Waals surface area contributed by atoms with E-state index in [1.807, 2.05) is 0 Å². The summed E-state index contributed by atoms with van der Waals surface area (Å²) in [6.45, 7) is 6.62. The molecule has 3 atom stereocenters. The maximum absolute atomic E-state index is 5.63. The Balaban J connectivity index is 1.59. The Kier molecular flexibility index (Phi) is 1.58. The standard InChI is InChI=1S/C12H19N3O/c1-12(2)15(7-3-4-7)11(14-16-12)10-8-5-13-6-9(8)10/h7-10,13H,3-6H2,1-2H3/t8-,9+,10?. The van der Waals surface area contributed by atoms with Crippen molar-refractivity contribution < 1.29 is 4.84 Å². The fourth-order valence-corrected chi connectivity index (χ4v) is 3.50. The molecule has 1 saturated heterocycles.